The van der Waals surface area contributed by atoms with E-state index < -0.39 is 22.5 Å². The molecule has 2 unspecified atom stereocenters. The Morgan fingerprint density at radius 3 is 2.21 bits per heavy atom. The number of hydrogen-bond donors (Lipinski definition) is 1. The summed E-state index contributed by atoms with van der Waals surface area (Å²) in [4.78, 5) is 10.7. The van der Waals surface area contributed by atoms with Gasteiger partial charge in [0.1, 0.15) is 0 Å². The number of carbonyl (C=O) groups excluding carboxylic acids is 1. The van der Waals surface area contributed by atoms with E-state index in [1.807, 2.05) is 0 Å². The van der Waals surface area contributed by atoms with Gasteiger partial charge in [-0.15, -0.1) is 0 Å². The minimum absolute atomic E-state index is 0.0331. The van der Waals surface area contributed by atoms with Gasteiger partial charge in [-0.25, -0.2) is 0 Å². The van der Waals surface area contributed by atoms with Crippen LogP contribution in [0.3, 0.4) is 0 Å². The van der Waals surface area contributed by atoms with Crippen LogP contribution in [0.15, 0.2) is 0 Å². The first-order valence-electron chi connectivity index (χ1n) is 3.72. The fourth-order valence-corrected chi connectivity index (χ4v) is 1.49. The summed E-state index contributed by atoms with van der Waals surface area (Å²) in [6.07, 6.45) is 0.265. The van der Waals surface area contributed by atoms with Crippen LogP contribution in [0.4, 0.5) is 0 Å². The molecule has 0 rings (SSSR count). The van der Waals surface area contributed by atoms with E-state index in [4.69, 9.17) is 0 Å². The first kappa shape index (κ1) is 13.7. The molecule has 0 aromatic heterocycles. The van der Waals surface area contributed by atoms with Gasteiger partial charge in [0.15, 0.2) is 0 Å². The van der Waals surface area contributed by atoms with Crippen LogP contribution in [0.2, 0.25) is 0 Å². The van der Waals surface area contributed by atoms with Crippen molar-refractivity contribution in [2.24, 2.45) is 0 Å². The molecule has 9 heteroatoms. The molecule has 2 atom stereocenters. The van der Waals surface area contributed by atoms with Gasteiger partial charge in [-0.1, -0.05) is 6.92 Å². The summed E-state index contributed by atoms with van der Waals surface area (Å²) in [6.45, 7) is 1.30. The number of nitrogens with one attached hydrogen (secondary N) is 1. The maximum Gasteiger partial charge on any atom is 0.219 e. The van der Waals surface area contributed by atoms with Gasteiger partial charge >= 0.3 is 0 Å². The molecule has 1 N–H and O–H groups in total. The van der Waals surface area contributed by atoms with Crippen LogP contribution in [0.5, 0.6) is 0 Å². The number of carbonyl (C=O) groups is 1. The van der Waals surface area contributed by atoms with Crippen LogP contribution in [0.1, 0.15) is 13.3 Å². The fourth-order valence-electron chi connectivity index (χ4n) is 0.610. The zero-order valence-electron chi connectivity index (χ0n) is 7.43. The summed E-state index contributed by atoms with van der Waals surface area (Å²) in [5, 5.41) is 2.35. The molecule has 0 saturated carbocycles. The molecule has 0 heterocycles. The van der Waals surface area contributed by atoms with Crippen LogP contribution in [-0.4, -0.2) is 40.2 Å². The highest BCUT2D eigenvalue weighted by atomic mass is 32.3. The molecule has 0 aromatic rings. The number of hydrogen-bond acceptors (Lipinski definition) is 5. The molecule has 0 bridgehead atoms. The molecule has 0 aromatic carbocycles. The maximum atomic E-state index is 10.7. The molecule has 0 spiro atoms. The summed E-state index contributed by atoms with van der Waals surface area (Å²) in [6, 6.07) is 0. The van der Waals surface area contributed by atoms with Crippen molar-refractivity contribution < 1.29 is 22.3 Å². The van der Waals surface area contributed by atoms with Crippen LogP contribution in [0.25, 0.3) is 0 Å². The van der Waals surface area contributed by atoms with Crippen LogP contribution < -0.4 is 5.32 Å². The molecule has 1 amide bonds. The lowest BCUT2D eigenvalue weighted by Crippen LogP contribution is -2.36. The number of nitrogens with zero attached hydrogens (tertiary/aromatic N) is 1. The Morgan fingerprint density at radius 2 is 1.86 bits per heavy atom. The van der Waals surface area contributed by atoms with Gasteiger partial charge in [0, 0.05) is 42.0 Å². The molecule has 0 radical (unpaired) electrons. The molecule has 84 valence electrons. The molecule has 14 heavy (non-hydrogen) atoms. The predicted octanol–water partition coefficient (Wildman–Crippen LogP) is -1.60. The number of amides is 1. The average Bonchev–Trinajstić information content (AvgIpc) is 2.10. The molecule has 0 fully saturated rings. The summed E-state index contributed by atoms with van der Waals surface area (Å²) >= 11 is -5.66. The molecule has 7 nitrogen and oxygen atoms in total. The van der Waals surface area contributed by atoms with Crippen LogP contribution in [0, 0.1) is 0 Å². The van der Waals surface area contributed by atoms with E-state index in [2.05, 4.69) is 5.32 Å². The molecule has 0 aliphatic rings. The van der Waals surface area contributed by atoms with Crippen molar-refractivity contribution in [2.75, 3.05) is 13.1 Å². The molecule has 0 aliphatic carbocycles. The highest BCUT2D eigenvalue weighted by Crippen LogP contribution is 1.93. The van der Waals surface area contributed by atoms with Crippen LogP contribution in [-0.2, 0) is 27.3 Å². The standard InChI is InChI=1S/C5H12N2O5S2/c1-2-5(8)6-3-4-7(13(9)10)14(11)12/h2-4H2,1H3,(H,6,8)(H,9,10)(H,11,12)/p-2. The Bertz CT molecular complexity index is 232. The monoisotopic (exact) mass is 242 g/mol. The van der Waals surface area contributed by atoms with E-state index in [1.165, 1.54) is 0 Å². The minimum Gasteiger partial charge on any atom is -0.759 e. The summed E-state index contributed by atoms with van der Waals surface area (Å²) < 4.78 is 41.4. The van der Waals surface area contributed by atoms with Gasteiger partial charge in [0.05, 0.1) is 0 Å². The van der Waals surface area contributed by atoms with Crippen molar-refractivity contribution in [1.82, 2.24) is 9.03 Å². The van der Waals surface area contributed by atoms with E-state index in [-0.39, 0.29) is 29.1 Å². The summed E-state index contributed by atoms with van der Waals surface area (Å²) in [7, 11) is 0. The first-order chi connectivity index (χ1) is 6.49. The Kier molecular flexibility index (Phi) is 6.83. The smallest absolute Gasteiger partial charge is 0.219 e. The van der Waals surface area contributed by atoms with Crippen molar-refractivity contribution in [3.63, 3.8) is 0 Å². The lowest BCUT2D eigenvalue weighted by atomic mass is 10.4. The summed E-state index contributed by atoms with van der Waals surface area (Å²) in [5.41, 5.74) is 0. The molecule has 0 aliphatic heterocycles. The van der Waals surface area contributed by atoms with E-state index in [0.29, 0.717) is 0 Å². The van der Waals surface area contributed by atoms with Crippen molar-refractivity contribution in [3.8, 4) is 0 Å². The van der Waals surface area contributed by atoms with Crippen LogP contribution >= 0.6 is 0 Å². The Balaban J connectivity index is 3.90. The van der Waals surface area contributed by atoms with Gasteiger partial charge in [0.25, 0.3) is 0 Å². The Morgan fingerprint density at radius 1 is 1.36 bits per heavy atom. The quantitative estimate of drug-likeness (QED) is 0.564. The van der Waals surface area contributed by atoms with Gasteiger partial charge in [-0.2, -0.15) is 3.71 Å². The minimum atomic E-state index is -2.83. The maximum absolute atomic E-state index is 10.7. The van der Waals surface area contributed by atoms with Crippen molar-refractivity contribution in [1.29, 1.82) is 0 Å². The van der Waals surface area contributed by atoms with Crippen molar-refractivity contribution >= 4 is 28.4 Å². The van der Waals surface area contributed by atoms with E-state index in [1.54, 1.807) is 6.92 Å². The largest absolute Gasteiger partial charge is 0.759 e. The zero-order chi connectivity index (χ0) is 11.1. The van der Waals surface area contributed by atoms with Gasteiger partial charge in [0.2, 0.25) is 5.91 Å². The highest BCUT2D eigenvalue weighted by molar-refractivity contribution is 7.92. The second kappa shape index (κ2) is 7.01. The van der Waals surface area contributed by atoms with Gasteiger partial charge in [-0.05, 0) is 0 Å². The second-order valence-corrected chi connectivity index (χ2v) is 4.18. The average molecular weight is 242 g/mol. The lowest BCUT2D eigenvalue weighted by molar-refractivity contribution is -0.120. The number of rotatable bonds is 6. The highest BCUT2D eigenvalue weighted by Gasteiger charge is 2.05. The third-order valence-electron chi connectivity index (χ3n) is 1.27. The fraction of sp³-hybridized carbons (Fsp3) is 0.800. The van der Waals surface area contributed by atoms with Gasteiger partial charge < -0.3 is 14.4 Å². The molecular weight excluding hydrogens is 232 g/mol. The second-order valence-electron chi connectivity index (χ2n) is 2.19. The third kappa shape index (κ3) is 5.40. The normalized spacial score (nSPS) is 15.1. The van der Waals surface area contributed by atoms with E-state index in [0.717, 1.165) is 0 Å². The van der Waals surface area contributed by atoms with Crippen molar-refractivity contribution in [3.05, 3.63) is 0 Å². The molecule has 0 saturated heterocycles. The molecular formula is C5H10N2O5S2-2. The van der Waals surface area contributed by atoms with E-state index >= 15 is 0 Å². The third-order valence-corrected chi connectivity index (χ3v) is 3.03. The SMILES string of the molecule is CCC(=O)NCCN(S(=O)[O-])S(=O)[O-]. The van der Waals surface area contributed by atoms with E-state index in [9.17, 15) is 22.3 Å². The predicted molar refractivity (Wildman–Crippen MR) is 47.8 cm³/mol. The first-order valence-corrected chi connectivity index (χ1v) is 5.78. The zero-order valence-corrected chi connectivity index (χ0v) is 9.06. The van der Waals surface area contributed by atoms with Gasteiger partial charge in [-0.3, -0.25) is 13.2 Å². The Labute approximate surface area is 86.7 Å². The van der Waals surface area contributed by atoms with Crippen molar-refractivity contribution in [2.45, 2.75) is 13.3 Å². The summed E-state index contributed by atoms with van der Waals surface area (Å²) in [5.74, 6) is -0.265. The topological polar surface area (TPSA) is 113 Å². The lowest BCUT2D eigenvalue weighted by Gasteiger charge is -2.25. The Hall–Kier alpha value is -0.350.